The standard InChI is InChI=1S/C30H46N4O6/c1-21(31-27(35)19-34-12-14-39-15-13-34)28(36)33-26(17-23-8-10-25(38-3)11-9-23)29(37)32-24(18-30(2)20-40-30)16-22-6-4-5-7-22/h8-11,21-22,24,26H,4-7,12-20H2,1-3H3,(H,31,35)(H,32,37)(H,33,36)/t21-,24-,26-,30-/m0/s1. The molecule has 3 fully saturated rings. The predicted octanol–water partition coefficient (Wildman–Crippen LogP) is 1.80. The highest BCUT2D eigenvalue weighted by atomic mass is 16.6. The Labute approximate surface area is 237 Å². The summed E-state index contributed by atoms with van der Waals surface area (Å²) in [6.45, 7) is 7.20. The molecule has 0 aromatic heterocycles. The van der Waals surface area contributed by atoms with Gasteiger partial charge in [0, 0.05) is 25.6 Å². The number of hydrogen-bond donors (Lipinski definition) is 3. The molecule has 222 valence electrons. The van der Waals surface area contributed by atoms with Gasteiger partial charge >= 0.3 is 0 Å². The van der Waals surface area contributed by atoms with E-state index in [2.05, 4.69) is 22.9 Å². The molecule has 0 spiro atoms. The highest BCUT2D eigenvalue weighted by molar-refractivity contribution is 5.92. The van der Waals surface area contributed by atoms with Crippen LogP contribution in [0, 0.1) is 5.92 Å². The summed E-state index contributed by atoms with van der Waals surface area (Å²) >= 11 is 0. The number of methoxy groups -OCH3 is 1. The molecule has 3 N–H and O–H groups in total. The number of nitrogens with one attached hydrogen (secondary N) is 3. The number of amides is 3. The molecular weight excluding hydrogens is 512 g/mol. The second kappa shape index (κ2) is 14.3. The molecule has 2 saturated heterocycles. The summed E-state index contributed by atoms with van der Waals surface area (Å²) < 4.78 is 16.3. The number of epoxide rings is 1. The van der Waals surface area contributed by atoms with Gasteiger partial charge in [0.25, 0.3) is 0 Å². The monoisotopic (exact) mass is 558 g/mol. The molecule has 3 aliphatic rings. The Morgan fingerprint density at radius 2 is 1.73 bits per heavy atom. The van der Waals surface area contributed by atoms with E-state index in [-0.39, 0.29) is 30.0 Å². The van der Waals surface area contributed by atoms with E-state index in [4.69, 9.17) is 14.2 Å². The van der Waals surface area contributed by atoms with E-state index in [1.165, 1.54) is 25.7 Å². The molecule has 1 aliphatic carbocycles. The van der Waals surface area contributed by atoms with Crippen LogP contribution in [0.15, 0.2) is 24.3 Å². The quantitative estimate of drug-likeness (QED) is 0.298. The molecule has 2 aliphatic heterocycles. The minimum Gasteiger partial charge on any atom is -0.497 e. The lowest BCUT2D eigenvalue weighted by Gasteiger charge is -2.28. The van der Waals surface area contributed by atoms with Gasteiger partial charge in [-0.3, -0.25) is 19.3 Å². The van der Waals surface area contributed by atoms with Crippen molar-refractivity contribution in [1.29, 1.82) is 0 Å². The molecule has 40 heavy (non-hydrogen) atoms. The van der Waals surface area contributed by atoms with Gasteiger partial charge in [0.15, 0.2) is 0 Å². The predicted molar refractivity (Wildman–Crippen MR) is 151 cm³/mol. The SMILES string of the molecule is COc1ccc(C[C@H](NC(=O)[C@H](C)NC(=O)CN2CCOCC2)C(=O)N[C@@H](CC2CCCC2)C[C@@]2(C)CO2)cc1. The van der Waals surface area contributed by atoms with Crippen LogP contribution in [0.3, 0.4) is 0 Å². The minimum absolute atomic E-state index is 0.0241. The summed E-state index contributed by atoms with van der Waals surface area (Å²) in [7, 11) is 1.61. The first-order valence-corrected chi connectivity index (χ1v) is 14.7. The number of rotatable bonds is 14. The first kappa shape index (κ1) is 30.3. The van der Waals surface area contributed by atoms with Crippen molar-refractivity contribution in [3.8, 4) is 5.75 Å². The van der Waals surface area contributed by atoms with Crippen molar-refractivity contribution < 1.29 is 28.6 Å². The molecule has 2 heterocycles. The maximum absolute atomic E-state index is 13.7. The van der Waals surface area contributed by atoms with Crippen LogP contribution in [0.25, 0.3) is 0 Å². The maximum atomic E-state index is 13.7. The number of carbonyl (C=O) groups excluding carboxylic acids is 3. The van der Waals surface area contributed by atoms with Crippen molar-refractivity contribution in [3.05, 3.63) is 29.8 Å². The van der Waals surface area contributed by atoms with E-state index in [1.54, 1.807) is 14.0 Å². The zero-order valence-corrected chi connectivity index (χ0v) is 24.2. The lowest BCUT2D eigenvalue weighted by atomic mass is 9.91. The van der Waals surface area contributed by atoms with E-state index in [9.17, 15) is 14.4 Å². The largest absolute Gasteiger partial charge is 0.497 e. The number of hydrogen-bond acceptors (Lipinski definition) is 7. The smallest absolute Gasteiger partial charge is 0.243 e. The lowest BCUT2D eigenvalue weighted by Crippen LogP contribution is -2.56. The van der Waals surface area contributed by atoms with Gasteiger partial charge in [0.2, 0.25) is 17.7 Å². The summed E-state index contributed by atoms with van der Waals surface area (Å²) in [5, 5.41) is 8.96. The van der Waals surface area contributed by atoms with Crippen LogP contribution < -0.4 is 20.7 Å². The fraction of sp³-hybridized carbons (Fsp3) is 0.700. The van der Waals surface area contributed by atoms with Crippen LogP contribution in [0.4, 0.5) is 0 Å². The Kier molecular flexibility index (Phi) is 10.8. The Morgan fingerprint density at radius 3 is 2.35 bits per heavy atom. The first-order valence-electron chi connectivity index (χ1n) is 14.7. The summed E-state index contributed by atoms with van der Waals surface area (Å²) in [5.74, 6) is 0.482. The molecule has 3 amide bonds. The van der Waals surface area contributed by atoms with Crippen molar-refractivity contribution >= 4 is 17.7 Å². The summed E-state index contributed by atoms with van der Waals surface area (Å²) in [5.41, 5.74) is 0.708. The van der Waals surface area contributed by atoms with Gasteiger partial charge in [0.05, 0.1) is 39.1 Å². The molecule has 0 unspecified atom stereocenters. The third kappa shape index (κ3) is 9.45. The fourth-order valence-electron chi connectivity index (χ4n) is 5.72. The average molecular weight is 559 g/mol. The van der Waals surface area contributed by atoms with Crippen LogP contribution in [-0.4, -0.2) is 92.9 Å². The van der Waals surface area contributed by atoms with E-state index < -0.39 is 18.0 Å². The third-order valence-corrected chi connectivity index (χ3v) is 8.23. The molecule has 1 saturated carbocycles. The van der Waals surface area contributed by atoms with Crippen LogP contribution in [0.2, 0.25) is 0 Å². The normalized spacial score (nSPS) is 23.6. The molecule has 1 aromatic rings. The van der Waals surface area contributed by atoms with Gasteiger partial charge < -0.3 is 30.2 Å². The van der Waals surface area contributed by atoms with Gasteiger partial charge in [-0.2, -0.15) is 0 Å². The minimum atomic E-state index is -0.793. The zero-order chi connectivity index (χ0) is 28.5. The van der Waals surface area contributed by atoms with Gasteiger partial charge in [-0.05, 0) is 50.3 Å². The molecular formula is C30H46N4O6. The van der Waals surface area contributed by atoms with Crippen LogP contribution in [-0.2, 0) is 30.3 Å². The number of morpholine rings is 1. The molecule has 4 rings (SSSR count). The van der Waals surface area contributed by atoms with Gasteiger partial charge in [0.1, 0.15) is 17.8 Å². The number of carbonyl (C=O) groups is 3. The van der Waals surface area contributed by atoms with Crippen molar-refractivity contribution in [2.75, 3.05) is 46.6 Å². The molecule has 1 aromatic carbocycles. The second-order valence-electron chi connectivity index (χ2n) is 11.8. The molecule has 10 heteroatoms. The highest BCUT2D eigenvalue weighted by Crippen LogP contribution is 2.35. The zero-order valence-electron chi connectivity index (χ0n) is 24.2. The second-order valence-corrected chi connectivity index (χ2v) is 11.8. The summed E-state index contributed by atoms with van der Waals surface area (Å²) in [4.78, 5) is 41.5. The van der Waals surface area contributed by atoms with Crippen molar-refractivity contribution in [2.24, 2.45) is 5.92 Å². The molecule has 0 bridgehead atoms. The molecule has 10 nitrogen and oxygen atoms in total. The average Bonchev–Trinajstić information content (AvgIpc) is 3.43. The fourth-order valence-corrected chi connectivity index (χ4v) is 5.72. The Morgan fingerprint density at radius 1 is 1.05 bits per heavy atom. The Hall–Kier alpha value is -2.69. The van der Waals surface area contributed by atoms with E-state index >= 15 is 0 Å². The van der Waals surface area contributed by atoms with E-state index in [1.807, 2.05) is 29.2 Å². The molecule has 4 atom stereocenters. The van der Waals surface area contributed by atoms with E-state index in [0.717, 1.165) is 24.2 Å². The Bertz CT molecular complexity index is 986. The van der Waals surface area contributed by atoms with Gasteiger partial charge in [-0.1, -0.05) is 37.8 Å². The topological polar surface area (TPSA) is 122 Å². The summed E-state index contributed by atoms with van der Waals surface area (Å²) in [6.07, 6.45) is 6.86. The lowest BCUT2D eigenvalue weighted by molar-refractivity contribution is -0.132. The van der Waals surface area contributed by atoms with Crippen LogP contribution in [0.1, 0.15) is 57.9 Å². The third-order valence-electron chi connectivity index (χ3n) is 8.23. The van der Waals surface area contributed by atoms with Crippen LogP contribution in [0.5, 0.6) is 5.75 Å². The highest BCUT2D eigenvalue weighted by Gasteiger charge is 2.42. The van der Waals surface area contributed by atoms with E-state index in [0.29, 0.717) is 45.2 Å². The van der Waals surface area contributed by atoms with Crippen LogP contribution >= 0.6 is 0 Å². The Balaban J connectivity index is 1.40. The summed E-state index contributed by atoms with van der Waals surface area (Å²) in [6, 6.07) is 5.88. The molecule has 0 radical (unpaired) electrons. The van der Waals surface area contributed by atoms with Gasteiger partial charge in [-0.15, -0.1) is 0 Å². The maximum Gasteiger partial charge on any atom is 0.243 e. The number of nitrogens with zero attached hydrogens (tertiary/aromatic N) is 1. The number of benzene rings is 1. The van der Waals surface area contributed by atoms with Crippen molar-refractivity contribution in [1.82, 2.24) is 20.9 Å². The van der Waals surface area contributed by atoms with Crippen molar-refractivity contribution in [3.63, 3.8) is 0 Å². The van der Waals surface area contributed by atoms with Crippen molar-refractivity contribution in [2.45, 2.75) is 82.5 Å². The number of ether oxygens (including phenoxy) is 3. The van der Waals surface area contributed by atoms with Gasteiger partial charge in [-0.25, -0.2) is 0 Å². The first-order chi connectivity index (χ1) is 19.2.